The molecule has 0 radical (unpaired) electrons. The van der Waals surface area contributed by atoms with Crippen molar-refractivity contribution in [3.63, 3.8) is 0 Å². The summed E-state index contributed by atoms with van der Waals surface area (Å²) in [4.78, 5) is 15.8. The number of nitrogens with one attached hydrogen (secondary N) is 2. The summed E-state index contributed by atoms with van der Waals surface area (Å²) < 4.78 is 26.3. The van der Waals surface area contributed by atoms with Crippen molar-refractivity contribution < 1.29 is 13.6 Å². The van der Waals surface area contributed by atoms with Gasteiger partial charge in [-0.1, -0.05) is 24.3 Å². The SMILES string of the molecule is CN=C(NCc1ccc(F)c(C)c1)NCC(Cc1ccc(F)cc1)C(N)=O.I. The van der Waals surface area contributed by atoms with Crippen LogP contribution in [0.3, 0.4) is 0 Å². The van der Waals surface area contributed by atoms with Crippen LogP contribution in [0.1, 0.15) is 16.7 Å². The van der Waals surface area contributed by atoms with Crippen LogP contribution in [0.4, 0.5) is 8.78 Å². The van der Waals surface area contributed by atoms with Gasteiger partial charge in [0, 0.05) is 20.1 Å². The molecule has 28 heavy (non-hydrogen) atoms. The highest BCUT2D eigenvalue weighted by molar-refractivity contribution is 14.0. The van der Waals surface area contributed by atoms with E-state index in [9.17, 15) is 13.6 Å². The minimum atomic E-state index is -0.470. The molecular weight excluding hydrogens is 477 g/mol. The predicted octanol–water partition coefficient (Wildman–Crippen LogP) is 2.90. The molecule has 1 amide bonds. The summed E-state index contributed by atoms with van der Waals surface area (Å²) in [5, 5.41) is 6.18. The largest absolute Gasteiger partial charge is 0.369 e. The quantitative estimate of drug-likeness (QED) is 0.310. The van der Waals surface area contributed by atoms with Gasteiger partial charge in [0.05, 0.1) is 5.92 Å². The van der Waals surface area contributed by atoms with Crippen LogP contribution in [-0.4, -0.2) is 25.5 Å². The summed E-state index contributed by atoms with van der Waals surface area (Å²) in [7, 11) is 1.62. The molecule has 0 heterocycles. The van der Waals surface area contributed by atoms with Gasteiger partial charge in [0.25, 0.3) is 0 Å². The summed E-state index contributed by atoms with van der Waals surface area (Å²) in [6.45, 7) is 2.45. The molecule has 0 spiro atoms. The number of carbonyl (C=O) groups excluding carboxylic acids is 1. The third-order valence-electron chi connectivity index (χ3n) is 4.22. The molecule has 2 rings (SSSR count). The maximum Gasteiger partial charge on any atom is 0.222 e. The second-order valence-electron chi connectivity index (χ2n) is 6.32. The fourth-order valence-electron chi connectivity index (χ4n) is 2.62. The number of aryl methyl sites for hydroxylation is 1. The van der Waals surface area contributed by atoms with Gasteiger partial charge in [0.2, 0.25) is 5.91 Å². The Hall–Kier alpha value is -2.23. The number of rotatable bonds is 7. The second kappa shape index (κ2) is 11.6. The highest BCUT2D eigenvalue weighted by atomic mass is 127. The Balaban J connectivity index is 0.00000392. The summed E-state index contributed by atoms with van der Waals surface area (Å²) >= 11 is 0. The first kappa shape index (κ1) is 23.8. The number of guanidine groups is 1. The summed E-state index contributed by atoms with van der Waals surface area (Å²) in [5.74, 6) is -0.986. The number of amides is 1. The molecule has 0 aliphatic heterocycles. The van der Waals surface area contributed by atoms with Crippen molar-refractivity contribution in [1.82, 2.24) is 10.6 Å². The van der Waals surface area contributed by atoms with E-state index in [1.165, 1.54) is 18.2 Å². The van der Waals surface area contributed by atoms with Crippen LogP contribution in [0.2, 0.25) is 0 Å². The van der Waals surface area contributed by atoms with Crippen LogP contribution < -0.4 is 16.4 Å². The highest BCUT2D eigenvalue weighted by Crippen LogP contribution is 2.10. The number of nitrogens with two attached hydrogens (primary N) is 1. The van der Waals surface area contributed by atoms with Gasteiger partial charge in [-0.15, -0.1) is 24.0 Å². The van der Waals surface area contributed by atoms with E-state index in [4.69, 9.17) is 5.73 Å². The second-order valence-corrected chi connectivity index (χ2v) is 6.32. The lowest BCUT2D eigenvalue weighted by Crippen LogP contribution is -2.42. The topological polar surface area (TPSA) is 79.5 Å². The summed E-state index contributed by atoms with van der Waals surface area (Å²) in [5.41, 5.74) is 7.80. The zero-order valence-electron chi connectivity index (χ0n) is 15.8. The standard InChI is InChI=1S/C20H24F2N4O.HI/c1-13-9-15(5-8-18(13)22)11-25-20(24-2)26-12-16(19(23)27)10-14-3-6-17(21)7-4-14;/h3-9,16H,10-12H2,1-2H3,(H2,23,27)(H2,24,25,26);1H. The van der Waals surface area contributed by atoms with Gasteiger partial charge in [-0.25, -0.2) is 8.78 Å². The van der Waals surface area contributed by atoms with Gasteiger partial charge < -0.3 is 16.4 Å². The molecule has 0 saturated heterocycles. The minimum Gasteiger partial charge on any atom is -0.369 e. The molecule has 0 bridgehead atoms. The lowest BCUT2D eigenvalue weighted by molar-refractivity contribution is -0.121. The van der Waals surface area contributed by atoms with Crippen molar-refractivity contribution in [1.29, 1.82) is 0 Å². The molecule has 0 saturated carbocycles. The van der Waals surface area contributed by atoms with Crippen molar-refractivity contribution in [2.75, 3.05) is 13.6 Å². The van der Waals surface area contributed by atoms with Gasteiger partial charge in [-0.3, -0.25) is 9.79 Å². The first-order valence-corrected chi connectivity index (χ1v) is 8.62. The van der Waals surface area contributed by atoms with Crippen LogP contribution in [0, 0.1) is 24.5 Å². The molecule has 0 aliphatic rings. The van der Waals surface area contributed by atoms with E-state index in [1.807, 2.05) is 0 Å². The minimum absolute atomic E-state index is 0. The summed E-state index contributed by atoms with van der Waals surface area (Å²) in [6.07, 6.45) is 0.400. The van der Waals surface area contributed by atoms with Crippen LogP contribution in [0.25, 0.3) is 0 Å². The number of hydrogen-bond donors (Lipinski definition) is 3. The number of hydrogen-bond acceptors (Lipinski definition) is 2. The van der Waals surface area contributed by atoms with Crippen molar-refractivity contribution in [2.45, 2.75) is 19.9 Å². The van der Waals surface area contributed by atoms with E-state index in [-0.39, 0.29) is 42.2 Å². The molecule has 0 aliphatic carbocycles. The first-order chi connectivity index (χ1) is 12.9. The number of halogens is 3. The van der Waals surface area contributed by atoms with E-state index >= 15 is 0 Å². The molecule has 0 aromatic heterocycles. The Kier molecular flexibility index (Phi) is 9.84. The molecule has 4 N–H and O–H groups in total. The average molecular weight is 502 g/mol. The lowest BCUT2D eigenvalue weighted by Gasteiger charge is -2.17. The fourth-order valence-corrected chi connectivity index (χ4v) is 2.62. The predicted molar refractivity (Wildman–Crippen MR) is 118 cm³/mol. The van der Waals surface area contributed by atoms with Gasteiger partial charge in [0.15, 0.2) is 5.96 Å². The van der Waals surface area contributed by atoms with Crippen LogP contribution in [0.15, 0.2) is 47.5 Å². The van der Waals surface area contributed by atoms with E-state index in [0.717, 1.165) is 11.1 Å². The van der Waals surface area contributed by atoms with Gasteiger partial charge in [-0.05, 0) is 48.2 Å². The lowest BCUT2D eigenvalue weighted by atomic mass is 9.98. The fraction of sp³-hybridized carbons (Fsp3) is 0.300. The summed E-state index contributed by atoms with van der Waals surface area (Å²) in [6, 6.07) is 10.9. The van der Waals surface area contributed by atoms with E-state index in [1.54, 1.807) is 38.2 Å². The molecule has 5 nitrogen and oxygen atoms in total. The Labute approximate surface area is 180 Å². The van der Waals surface area contributed by atoms with E-state index < -0.39 is 11.8 Å². The molecular formula is C20H25F2IN4O. The number of nitrogens with zero attached hydrogens (tertiary/aromatic N) is 1. The van der Waals surface area contributed by atoms with E-state index in [0.29, 0.717) is 24.5 Å². The zero-order chi connectivity index (χ0) is 19.8. The number of aliphatic imine (C=N–C) groups is 1. The van der Waals surface area contributed by atoms with Crippen molar-refractivity contribution >= 4 is 35.8 Å². The molecule has 1 atom stereocenters. The Bertz CT molecular complexity index is 812. The average Bonchev–Trinajstić information content (AvgIpc) is 2.65. The number of primary amides is 1. The van der Waals surface area contributed by atoms with Crippen molar-refractivity contribution in [3.05, 3.63) is 70.8 Å². The van der Waals surface area contributed by atoms with Crippen molar-refractivity contribution in [2.24, 2.45) is 16.6 Å². The zero-order valence-corrected chi connectivity index (χ0v) is 18.2. The van der Waals surface area contributed by atoms with Gasteiger partial charge in [0.1, 0.15) is 11.6 Å². The third kappa shape index (κ3) is 7.41. The Morgan fingerprint density at radius 2 is 1.75 bits per heavy atom. The number of carbonyl (C=O) groups is 1. The van der Waals surface area contributed by atoms with Gasteiger partial charge >= 0.3 is 0 Å². The van der Waals surface area contributed by atoms with Crippen LogP contribution >= 0.6 is 24.0 Å². The maximum atomic E-state index is 13.3. The van der Waals surface area contributed by atoms with Gasteiger partial charge in [-0.2, -0.15) is 0 Å². The molecule has 1 unspecified atom stereocenters. The third-order valence-corrected chi connectivity index (χ3v) is 4.22. The van der Waals surface area contributed by atoms with E-state index in [2.05, 4.69) is 15.6 Å². The Morgan fingerprint density at radius 1 is 1.11 bits per heavy atom. The molecule has 8 heteroatoms. The monoisotopic (exact) mass is 502 g/mol. The van der Waals surface area contributed by atoms with Crippen molar-refractivity contribution in [3.8, 4) is 0 Å². The number of benzene rings is 2. The molecule has 152 valence electrons. The molecule has 2 aromatic rings. The molecule has 2 aromatic carbocycles. The first-order valence-electron chi connectivity index (χ1n) is 8.62. The van der Waals surface area contributed by atoms with Crippen LogP contribution in [-0.2, 0) is 17.8 Å². The smallest absolute Gasteiger partial charge is 0.222 e. The maximum absolute atomic E-state index is 13.3. The molecule has 0 fully saturated rings. The highest BCUT2D eigenvalue weighted by Gasteiger charge is 2.16. The van der Waals surface area contributed by atoms with Crippen LogP contribution in [0.5, 0.6) is 0 Å². The Morgan fingerprint density at radius 3 is 2.32 bits per heavy atom. The normalized spacial score (nSPS) is 12.1.